The highest BCUT2D eigenvalue weighted by Gasteiger charge is 2.40. The Balaban J connectivity index is 1.18. The summed E-state index contributed by atoms with van der Waals surface area (Å²) in [5.41, 5.74) is 12.9. The van der Waals surface area contributed by atoms with Gasteiger partial charge >= 0.3 is 0 Å². The van der Waals surface area contributed by atoms with Crippen molar-refractivity contribution in [3.05, 3.63) is 176 Å². The van der Waals surface area contributed by atoms with Gasteiger partial charge in [0.2, 0.25) is 0 Å². The van der Waals surface area contributed by atoms with Crippen molar-refractivity contribution in [3.63, 3.8) is 0 Å². The average Bonchev–Trinajstić information content (AvgIpc) is 3.68. The highest BCUT2D eigenvalue weighted by atomic mass is 28.3. The summed E-state index contributed by atoms with van der Waals surface area (Å²) in [7, 11) is -2.07. The molecule has 1 aliphatic rings. The molecule has 3 heteroatoms. The molecule has 1 aromatic heterocycles. The molecule has 2 heterocycles. The van der Waals surface area contributed by atoms with Crippen LogP contribution >= 0.6 is 0 Å². The van der Waals surface area contributed by atoms with E-state index < -0.39 is 8.07 Å². The minimum Gasteiger partial charge on any atom is -0.455 e. The van der Waals surface area contributed by atoms with Crippen molar-refractivity contribution in [1.82, 2.24) is 0 Å². The fourth-order valence-corrected chi connectivity index (χ4v) is 11.4. The summed E-state index contributed by atoms with van der Waals surface area (Å²) >= 11 is 0. The van der Waals surface area contributed by atoms with Gasteiger partial charge in [0.25, 0.3) is 0 Å². The summed E-state index contributed by atoms with van der Waals surface area (Å²) in [5.74, 6) is 0. The van der Waals surface area contributed by atoms with Gasteiger partial charge in [-0.3, -0.25) is 0 Å². The SMILES string of the molecule is C[Si]1(C)c2cc(N(c3ccc(-c4ccccc4)cc3)c3ccc(-c4ccccc4)c4ccccc34)ccc2-c2c1ccc1c2oc2ccccc21. The van der Waals surface area contributed by atoms with Crippen LogP contribution in [0.25, 0.3) is 66.1 Å². The third-order valence-corrected chi connectivity index (χ3v) is 14.4. The summed E-state index contributed by atoms with van der Waals surface area (Å²) in [4.78, 5) is 2.45. The lowest BCUT2D eigenvalue weighted by atomic mass is 9.96. The second-order valence-electron chi connectivity index (χ2n) is 14.1. The predicted molar refractivity (Wildman–Crippen MR) is 219 cm³/mol. The fraction of sp³-hybridized carbons (Fsp3) is 0.0417. The number of furan rings is 1. The number of fused-ring (bicyclic) bond motifs is 8. The minimum absolute atomic E-state index is 0.946. The van der Waals surface area contributed by atoms with E-state index >= 15 is 0 Å². The highest BCUT2D eigenvalue weighted by Crippen LogP contribution is 2.44. The second kappa shape index (κ2) is 11.4. The van der Waals surface area contributed by atoms with Crippen LogP contribution in [0.15, 0.2) is 180 Å². The molecule has 0 amide bonds. The van der Waals surface area contributed by atoms with E-state index in [2.05, 4.69) is 194 Å². The van der Waals surface area contributed by atoms with E-state index in [9.17, 15) is 0 Å². The van der Waals surface area contributed by atoms with Crippen molar-refractivity contribution in [2.75, 3.05) is 4.90 Å². The Bertz CT molecular complexity index is 2760. The van der Waals surface area contributed by atoms with Crippen LogP contribution in [0.4, 0.5) is 17.1 Å². The predicted octanol–water partition coefficient (Wildman–Crippen LogP) is 12.3. The smallest absolute Gasteiger partial charge is 0.143 e. The Labute approximate surface area is 298 Å². The molecule has 0 N–H and O–H groups in total. The fourth-order valence-electron chi connectivity index (χ4n) is 8.34. The second-order valence-corrected chi connectivity index (χ2v) is 18.4. The van der Waals surface area contributed by atoms with Gasteiger partial charge in [-0.25, -0.2) is 0 Å². The Morgan fingerprint density at radius 2 is 1.04 bits per heavy atom. The van der Waals surface area contributed by atoms with Crippen LogP contribution in [0.1, 0.15) is 0 Å². The maximum Gasteiger partial charge on any atom is 0.143 e. The number of anilines is 3. The molecule has 8 aromatic carbocycles. The first kappa shape index (κ1) is 29.7. The normalized spacial score (nSPS) is 13.1. The lowest BCUT2D eigenvalue weighted by Gasteiger charge is -2.29. The number of nitrogens with zero attached hydrogens (tertiary/aromatic N) is 1. The molecule has 0 saturated heterocycles. The number of para-hydroxylation sites is 1. The van der Waals surface area contributed by atoms with Gasteiger partial charge in [-0.15, -0.1) is 0 Å². The van der Waals surface area contributed by atoms with Crippen molar-refractivity contribution in [1.29, 1.82) is 0 Å². The van der Waals surface area contributed by atoms with E-state index in [0.29, 0.717) is 0 Å². The van der Waals surface area contributed by atoms with Crippen LogP contribution in [0, 0.1) is 0 Å². The van der Waals surface area contributed by atoms with Crippen LogP contribution < -0.4 is 15.3 Å². The molecule has 0 unspecified atom stereocenters. The van der Waals surface area contributed by atoms with Crippen molar-refractivity contribution in [2.24, 2.45) is 0 Å². The Morgan fingerprint density at radius 3 is 1.80 bits per heavy atom. The molecule has 0 atom stereocenters. The van der Waals surface area contributed by atoms with E-state index in [1.165, 1.54) is 65.3 Å². The lowest BCUT2D eigenvalue weighted by molar-refractivity contribution is 0.670. The maximum absolute atomic E-state index is 6.62. The van der Waals surface area contributed by atoms with Crippen molar-refractivity contribution in [2.45, 2.75) is 13.1 Å². The van der Waals surface area contributed by atoms with Crippen molar-refractivity contribution < 1.29 is 4.42 Å². The lowest BCUT2D eigenvalue weighted by Crippen LogP contribution is -2.49. The molecule has 0 radical (unpaired) electrons. The molecule has 9 aromatic rings. The third kappa shape index (κ3) is 4.62. The molecular formula is C48H35NOSi. The van der Waals surface area contributed by atoms with Gasteiger partial charge in [-0.1, -0.05) is 153 Å². The number of hydrogen-bond acceptors (Lipinski definition) is 2. The Morgan fingerprint density at radius 1 is 0.431 bits per heavy atom. The summed E-state index contributed by atoms with van der Waals surface area (Å²) in [6, 6.07) is 64.0. The molecule has 0 aliphatic carbocycles. The summed E-state index contributed by atoms with van der Waals surface area (Å²) in [6.45, 7) is 4.97. The van der Waals surface area contributed by atoms with Crippen LogP contribution in [-0.2, 0) is 0 Å². The molecule has 0 bridgehead atoms. The molecule has 242 valence electrons. The zero-order valence-corrected chi connectivity index (χ0v) is 29.6. The quantitative estimate of drug-likeness (QED) is 0.170. The largest absolute Gasteiger partial charge is 0.455 e. The Kier molecular flexibility index (Phi) is 6.67. The monoisotopic (exact) mass is 669 g/mol. The summed E-state index contributed by atoms with van der Waals surface area (Å²) < 4.78 is 6.62. The van der Waals surface area contributed by atoms with E-state index in [-0.39, 0.29) is 0 Å². The van der Waals surface area contributed by atoms with Gasteiger partial charge < -0.3 is 9.32 Å². The van der Waals surface area contributed by atoms with Crippen LogP contribution in [0.5, 0.6) is 0 Å². The zero-order chi connectivity index (χ0) is 34.1. The molecule has 10 rings (SSSR count). The Hall–Kier alpha value is -6.16. The highest BCUT2D eigenvalue weighted by molar-refractivity contribution is 7.04. The van der Waals surface area contributed by atoms with Crippen LogP contribution in [-0.4, -0.2) is 8.07 Å². The molecule has 0 saturated carbocycles. The van der Waals surface area contributed by atoms with E-state index in [1.54, 1.807) is 0 Å². The molecule has 1 aliphatic heterocycles. The van der Waals surface area contributed by atoms with E-state index in [1.807, 2.05) is 0 Å². The topological polar surface area (TPSA) is 16.4 Å². The van der Waals surface area contributed by atoms with Gasteiger partial charge in [0.05, 0.1) is 5.69 Å². The molecular weight excluding hydrogens is 635 g/mol. The van der Waals surface area contributed by atoms with Crippen molar-refractivity contribution in [3.8, 4) is 33.4 Å². The van der Waals surface area contributed by atoms with Gasteiger partial charge in [-0.05, 0) is 80.0 Å². The first-order valence-electron chi connectivity index (χ1n) is 17.7. The molecule has 0 spiro atoms. The van der Waals surface area contributed by atoms with Crippen LogP contribution in [0.3, 0.4) is 0 Å². The van der Waals surface area contributed by atoms with Crippen LogP contribution in [0.2, 0.25) is 13.1 Å². The number of benzene rings is 8. The maximum atomic E-state index is 6.62. The van der Waals surface area contributed by atoms with Gasteiger partial charge in [-0.2, -0.15) is 0 Å². The average molecular weight is 670 g/mol. The molecule has 0 fully saturated rings. The molecule has 2 nitrogen and oxygen atoms in total. The van der Waals surface area contributed by atoms with Gasteiger partial charge in [0.15, 0.2) is 0 Å². The zero-order valence-electron chi connectivity index (χ0n) is 28.6. The number of rotatable bonds is 5. The number of hydrogen-bond donors (Lipinski definition) is 0. The standard InChI is InChI=1S/C48H35NOSi/c1-51(2)45-30-28-41-40-19-11-12-20-44(40)50-48(41)47(45)42-26-25-36(31-46(42)51)49(35-23-21-33(22-24-35)32-13-5-3-6-14-32)43-29-27-37(34-15-7-4-8-16-34)38-17-9-10-18-39(38)43/h3-31H,1-2H3. The molecule has 51 heavy (non-hydrogen) atoms. The van der Waals surface area contributed by atoms with Gasteiger partial charge in [0.1, 0.15) is 19.2 Å². The third-order valence-electron chi connectivity index (χ3n) is 10.9. The van der Waals surface area contributed by atoms with E-state index in [4.69, 9.17) is 4.42 Å². The summed E-state index contributed by atoms with van der Waals surface area (Å²) in [6.07, 6.45) is 0. The minimum atomic E-state index is -2.07. The first-order chi connectivity index (χ1) is 25.1. The first-order valence-corrected chi connectivity index (χ1v) is 20.7. The van der Waals surface area contributed by atoms with Crippen molar-refractivity contribution >= 4 is 68.2 Å². The summed E-state index contributed by atoms with van der Waals surface area (Å²) in [5, 5.41) is 7.71. The van der Waals surface area contributed by atoms with E-state index in [0.717, 1.165) is 28.2 Å². The van der Waals surface area contributed by atoms with Gasteiger partial charge in [0, 0.05) is 33.1 Å².